The summed E-state index contributed by atoms with van der Waals surface area (Å²) < 4.78 is 44.5. The van der Waals surface area contributed by atoms with Crippen molar-refractivity contribution in [1.29, 1.82) is 0 Å². The summed E-state index contributed by atoms with van der Waals surface area (Å²) in [5.41, 5.74) is 0.211. The predicted octanol–water partition coefficient (Wildman–Crippen LogP) is 4.21. The van der Waals surface area contributed by atoms with Gasteiger partial charge in [-0.3, -0.25) is 9.59 Å². The Morgan fingerprint density at radius 2 is 1.68 bits per heavy atom. The van der Waals surface area contributed by atoms with Crippen LogP contribution in [0, 0.1) is 5.92 Å². The number of hydrogen-bond acceptors (Lipinski definition) is 4. The molecule has 6 nitrogen and oxygen atoms in total. The molecular formula is C25H30F3N3O3. The van der Waals surface area contributed by atoms with Gasteiger partial charge in [-0.25, -0.2) is 0 Å². The van der Waals surface area contributed by atoms with E-state index in [4.69, 9.17) is 4.74 Å². The van der Waals surface area contributed by atoms with Gasteiger partial charge >= 0.3 is 6.18 Å². The van der Waals surface area contributed by atoms with E-state index in [9.17, 15) is 22.8 Å². The average Bonchev–Trinajstić information content (AvgIpc) is 2.82. The zero-order chi connectivity index (χ0) is 24.9. The van der Waals surface area contributed by atoms with Crippen LogP contribution in [0.4, 0.5) is 18.9 Å². The van der Waals surface area contributed by atoms with Crippen molar-refractivity contribution in [2.45, 2.75) is 33.0 Å². The third-order valence-electron chi connectivity index (χ3n) is 5.78. The maximum atomic E-state index is 13.2. The Balaban J connectivity index is 1.62. The quantitative estimate of drug-likeness (QED) is 0.649. The summed E-state index contributed by atoms with van der Waals surface area (Å²) in [5.74, 6) is -0.0227. The van der Waals surface area contributed by atoms with Gasteiger partial charge in [0.25, 0.3) is 5.91 Å². The summed E-state index contributed by atoms with van der Waals surface area (Å²) in [6.45, 7) is 7.65. The van der Waals surface area contributed by atoms with Crippen LogP contribution in [0.15, 0.2) is 48.5 Å². The van der Waals surface area contributed by atoms with E-state index in [0.717, 1.165) is 12.1 Å². The van der Waals surface area contributed by atoms with Crippen LogP contribution in [0.2, 0.25) is 0 Å². The molecule has 1 aliphatic rings. The van der Waals surface area contributed by atoms with E-state index in [1.807, 2.05) is 25.7 Å². The van der Waals surface area contributed by atoms with Crippen molar-refractivity contribution in [3.63, 3.8) is 0 Å². The predicted molar refractivity (Wildman–Crippen MR) is 124 cm³/mol. The number of anilines is 1. The number of halogens is 3. The van der Waals surface area contributed by atoms with Crippen molar-refractivity contribution in [3.05, 3.63) is 59.7 Å². The van der Waals surface area contributed by atoms with E-state index >= 15 is 0 Å². The van der Waals surface area contributed by atoms with Gasteiger partial charge in [-0.2, -0.15) is 13.2 Å². The minimum atomic E-state index is -4.40. The first-order valence-corrected chi connectivity index (χ1v) is 11.3. The second-order valence-electron chi connectivity index (χ2n) is 8.51. The number of rotatable bonds is 7. The SMILES string of the molecule is CCOc1ccc(C(=O)N[C@H](C(=O)N2CCN(c3cccc(C(F)(F)F)c3)CC2)C(C)C)cc1. The minimum absolute atomic E-state index is 0.138. The molecule has 2 amide bonds. The Hall–Kier alpha value is -3.23. The number of ether oxygens (including phenoxy) is 1. The van der Waals surface area contributed by atoms with Gasteiger partial charge in [0.1, 0.15) is 11.8 Å². The number of hydrogen-bond donors (Lipinski definition) is 1. The maximum Gasteiger partial charge on any atom is 0.416 e. The van der Waals surface area contributed by atoms with E-state index < -0.39 is 17.8 Å². The highest BCUT2D eigenvalue weighted by molar-refractivity contribution is 5.97. The van der Waals surface area contributed by atoms with Gasteiger partial charge in [-0.05, 0) is 55.3 Å². The summed E-state index contributed by atoms with van der Waals surface area (Å²) in [4.78, 5) is 29.4. The number of carbonyl (C=O) groups is 2. The highest BCUT2D eigenvalue weighted by Gasteiger charge is 2.33. The van der Waals surface area contributed by atoms with Crippen molar-refractivity contribution >= 4 is 17.5 Å². The van der Waals surface area contributed by atoms with Crippen molar-refractivity contribution < 1.29 is 27.5 Å². The molecule has 34 heavy (non-hydrogen) atoms. The average molecular weight is 478 g/mol. The molecule has 1 heterocycles. The van der Waals surface area contributed by atoms with Crippen molar-refractivity contribution in [3.8, 4) is 5.75 Å². The summed E-state index contributed by atoms with van der Waals surface area (Å²) in [6, 6.07) is 11.2. The summed E-state index contributed by atoms with van der Waals surface area (Å²) >= 11 is 0. The molecule has 0 bridgehead atoms. The first kappa shape index (κ1) is 25.4. The lowest BCUT2D eigenvalue weighted by atomic mass is 10.0. The third kappa shape index (κ3) is 6.21. The Bertz CT molecular complexity index is 985. The molecule has 1 atom stereocenters. The van der Waals surface area contributed by atoms with Crippen LogP contribution in [0.3, 0.4) is 0 Å². The topological polar surface area (TPSA) is 61.9 Å². The Morgan fingerprint density at radius 1 is 1.03 bits per heavy atom. The van der Waals surface area contributed by atoms with Crippen molar-refractivity contribution in [2.75, 3.05) is 37.7 Å². The molecule has 1 aliphatic heterocycles. The minimum Gasteiger partial charge on any atom is -0.494 e. The number of alkyl halides is 3. The van der Waals surface area contributed by atoms with Gasteiger partial charge in [0.2, 0.25) is 5.91 Å². The Labute approximate surface area is 197 Å². The summed E-state index contributed by atoms with van der Waals surface area (Å²) in [7, 11) is 0. The van der Waals surface area contributed by atoms with E-state index in [1.54, 1.807) is 35.2 Å². The van der Waals surface area contributed by atoms with Gasteiger partial charge in [0, 0.05) is 37.4 Å². The number of carbonyl (C=O) groups excluding carboxylic acids is 2. The zero-order valence-electron chi connectivity index (χ0n) is 19.6. The molecule has 184 valence electrons. The first-order chi connectivity index (χ1) is 16.1. The highest BCUT2D eigenvalue weighted by atomic mass is 19.4. The summed E-state index contributed by atoms with van der Waals surface area (Å²) in [5, 5.41) is 2.84. The fourth-order valence-electron chi connectivity index (χ4n) is 3.87. The van der Waals surface area contributed by atoms with Gasteiger partial charge < -0.3 is 19.9 Å². The largest absolute Gasteiger partial charge is 0.494 e. The van der Waals surface area contributed by atoms with E-state index in [2.05, 4.69) is 5.32 Å². The Kier molecular flexibility index (Phi) is 8.06. The van der Waals surface area contributed by atoms with Crippen molar-refractivity contribution in [1.82, 2.24) is 10.2 Å². The molecule has 0 radical (unpaired) electrons. The van der Waals surface area contributed by atoms with Crippen LogP contribution in [-0.4, -0.2) is 55.5 Å². The maximum absolute atomic E-state index is 13.2. The molecule has 0 aromatic heterocycles. The molecule has 3 rings (SSSR count). The fraction of sp³-hybridized carbons (Fsp3) is 0.440. The number of piperazine rings is 1. The fourth-order valence-corrected chi connectivity index (χ4v) is 3.87. The molecule has 2 aromatic rings. The number of nitrogens with zero attached hydrogens (tertiary/aromatic N) is 2. The van der Waals surface area contributed by atoms with Crippen LogP contribution >= 0.6 is 0 Å². The highest BCUT2D eigenvalue weighted by Crippen LogP contribution is 2.32. The van der Waals surface area contributed by atoms with Crippen LogP contribution in [0.1, 0.15) is 36.7 Å². The van der Waals surface area contributed by atoms with Crippen LogP contribution in [0.5, 0.6) is 5.75 Å². The van der Waals surface area contributed by atoms with Gasteiger partial charge in [-0.1, -0.05) is 19.9 Å². The molecule has 0 saturated carbocycles. The van der Waals surface area contributed by atoms with Crippen LogP contribution in [0.25, 0.3) is 0 Å². The molecule has 9 heteroatoms. The molecule has 1 saturated heterocycles. The molecular weight excluding hydrogens is 447 g/mol. The molecule has 1 N–H and O–H groups in total. The summed E-state index contributed by atoms with van der Waals surface area (Å²) in [6.07, 6.45) is -4.40. The molecule has 1 fully saturated rings. The third-order valence-corrected chi connectivity index (χ3v) is 5.78. The molecule has 0 spiro atoms. The van der Waals surface area contributed by atoms with E-state index in [-0.39, 0.29) is 17.7 Å². The van der Waals surface area contributed by atoms with E-state index in [1.165, 1.54) is 6.07 Å². The zero-order valence-corrected chi connectivity index (χ0v) is 19.6. The molecule has 0 unspecified atom stereocenters. The molecule has 0 aliphatic carbocycles. The monoisotopic (exact) mass is 477 g/mol. The number of amides is 2. The Morgan fingerprint density at radius 3 is 2.24 bits per heavy atom. The lowest BCUT2D eigenvalue weighted by Gasteiger charge is -2.38. The van der Waals surface area contributed by atoms with Gasteiger partial charge in [-0.15, -0.1) is 0 Å². The van der Waals surface area contributed by atoms with Crippen LogP contribution in [-0.2, 0) is 11.0 Å². The van der Waals surface area contributed by atoms with E-state index in [0.29, 0.717) is 49.8 Å². The first-order valence-electron chi connectivity index (χ1n) is 11.3. The molecule has 2 aromatic carbocycles. The smallest absolute Gasteiger partial charge is 0.416 e. The normalized spacial score (nSPS) is 15.3. The van der Waals surface area contributed by atoms with Crippen LogP contribution < -0.4 is 15.0 Å². The number of benzene rings is 2. The van der Waals surface area contributed by atoms with Gasteiger partial charge in [0.05, 0.1) is 12.2 Å². The number of nitrogens with one attached hydrogen (secondary N) is 1. The lowest BCUT2D eigenvalue weighted by Crippen LogP contribution is -2.56. The van der Waals surface area contributed by atoms with Gasteiger partial charge in [0.15, 0.2) is 0 Å². The standard InChI is InChI=1S/C25H30F3N3O3/c1-4-34-21-10-8-18(9-11-21)23(32)29-22(17(2)3)24(33)31-14-12-30(13-15-31)20-7-5-6-19(16-20)25(26,27)28/h5-11,16-17,22H,4,12-15H2,1-3H3,(H,29,32)/t22-/m0/s1. The van der Waals surface area contributed by atoms with Crippen molar-refractivity contribution in [2.24, 2.45) is 5.92 Å². The second kappa shape index (κ2) is 10.8. The lowest BCUT2D eigenvalue weighted by molar-refractivity contribution is -0.137. The second-order valence-corrected chi connectivity index (χ2v) is 8.51.